The molecule has 0 saturated carbocycles. The first kappa shape index (κ1) is 26.6. The standard InChI is InChI=1S/C24H27N3O6/c1-17(28)26-23-18(12-10-13-20(23)29)11-8-6-4-2-3-5-7-9-14-22(31)27-19(24(32)33)15-16-21(25)30/h2-14,19,29H,15-16H2,1H3,(H2,25,30)(H,26,28)(H,27,31)(H,32,33). The first-order chi connectivity index (χ1) is 15.7. The number of allylic oxidation sites excluding steroid dienone is 8. The first-order valence-corrected chi connectivity index (χ1v) is 9.96. The molecule has 174 valence electrons. The number of para-hydroxylation sites is 1. The van der Waals surface area contributed by atoms with Crippen molar-refractivity contribution in [2.24, 2.45) is 5.73 Å². The minimum Gasteiger partial charge on any atom is -0.506 e. The zero-order valence-electron chi connectivity index (χ0n) is 18.1. The maximum Gasteiger partial charge on any atom is 0.326 e. The van der Waals surface area contributed by atoms with Crippen LogP contribution in [0.5, 0.6) is 5.75 Å². The predicted molar refractivity (Wildman–Crippen MR) is 126 cm³/mol. The largest absolute Gasteiger partial charge is 0.506 e. The molecule has 1 atom stereocenters. The average Bonchev–Trinajstić information content (AvgIpc) is 2.74. The maximum absolute atomic E-state index is 11.7. The number of rotatable bonds is 12. The lowest BCUT2D eigenvalue weighted by Crippen LogP contribution is -2.40. The molecule has 1 aromatic rings. The maximum atomic E-state index is 11.7. The van der Waals surface area contributed by atoms with E-state index in [2.05, 4.69) is 10.6 Å². The summed E-state index contributed by atoms with van der Waals surface area (Å²) in [6.07, 6.45) is 16.1. The fourth-order valence-corrected chi connectivity index (χ4v) is 2.46. The molecule has 0 aromatic heterocycles. The molecular formula is C24H27N3O6. The molecule has 0 saturated heterocycles. The number of phenolic OH excluding ortho intramolecular Hbond substituents is 1. The van der Waals surface area contributed by atoms with E-state index in [1.807, 2.05) is 0 Å². The minimum atomic E-state index is -1.24. The van der Waals surface area contributed by atoms with Gasteiger partial charge in [0.25, 0.3) is 0 Å². The minimum absolute atomic E-state index is 0.0211. The summed E-state index contributed by atoms with van der Waals surface area (Å²) in [5.41, 5.74) is 5.98. The Morgan fingerprint density at radius 3 is 2.18 bits per heavy atom. The van der Waals surface area contributed by atoms with Gasteiger partial charge in [-0.15, -0.1) is 0 Å². The van der Waals surface area contributed by atoms with Gasteiger partial charge in [-0.05, 0) is 12.5 Å². The summed E-state index contributed by atoms with van der Waals surface area (Å²) >= 11 is 0. The van der Waals surface area contributed by atoms with Gasteiger partial charge in [0.15, 0.2) is 0 Å². The number of carbonyl (C=O) groups excluding carboxylic acids is 3. The molecule has 0 aliphatic carbocycles. The van der Waals surface area contributed by atoms with Crippen molar-refractivity contribution in [2.45, 2.75) is 25.8 Å². The van der Waals surface area contributed by atoms with E-state index in [0.29, 0.717) is 11.3 Å². The number of carbonyl (C=O) groups is 4. The number of aliphatic carboxylic acids is 1. The molecule has 0 bridgehead atoms. The van der Waals surface area contributed by atoms with Gasteiger partial charge >= 0.3 is 5.97 Å². The van der Waals surface area contributed by atoms with Crippen molar-refractivity contribution in [1.82, 2.24) is 5.32 Å². The highest BCUT2D eigenvalue weighted by molar-refractivity contribution is 5.93. The van der Waals surface area contributed by atoms with Crippen LogP contribution in [-0.2, 0) is 19.2 Å². The molecule has 0 aliphatic rings. The van der Waals surface area contributed by atoms with Crippen LogP contribution in [0.25, 0.3) is 6.08 Å². The highest BCUT2D eigenvalue weighted by Crippen LogP contribution is 2.28. The summed E-state index contributed by atoms with van der Waals surface area (Å²) in [6, 6.07) is 3.73. The number of anilines is 1. The Bertz CT molecular complexity index is 1010. The summed E-state index contributed by atoms with van der Waals surface area (Å²) in [6.45, 7) is 1.36. The molecule has 9 heteroatoms. The van der Waals surface area contributed by atoms with E-state index in [4.69, 9.17) is 10.8 Å². The number of phenols is 1. The number of carboxylic acid groups (broad SMARTS) is 1. The molecule has 3 amide bonds. The predicted octanol–water partition coefficient (Wildman–Crippen LogP) is 2.42. The van der Waals surface area contributed by atoms with Gasteiger partial charge in [0.05, 0.1) is 5.69 Å². The monoisotopic (exact) mass is 453 g/mol. The van der Waals surface area contributed by atoms with E-state index in [-0.39, 0.29) is 24.5 Å². The van der Waals surface area contributed by atoms with Crippen LogP contribution in [0.15, 0.2) is 72.9 Å². The Labute approximate surface area is 191 Å². The molecule has 9 nitrogen and oxygen atoms in total. The molecule has 0 aliphatic heterocycles. The molecule has 1 rings (SSSR count). The fraction of sp³-hybridized carbons (Fsp3) is 0.167. The number of benzene rings is 1. The normalized spacial score (nSPS) is 12.8. The van der Waals surface area contributed by atoms with Gasteiger partial charge in [-0.2, -0.15) is 0 Å². The van der Waals surface area contributed by atoms with Crippen LogP contribution in [0.4, 0.5) is 5.69 Å². The van der Waals surface area contributed by atoms with Crippen molar-refractivity contribution < 1.29 is 29.4 Å². The van der Waals surface area contributed by atoms with E-state index in [9.17, 15) is 24.3 Å². The van der Waals surface area contributed by atoms with E-state index >= 15 is 0 Å². The number of carboxylic acids is 1. The summed E-state index contributed by atoms with van der Waals surface area (Å²) in [5, 5.41) is 23.8. The average molecular weight is 453 g/mol. The number of nitrogens with one attached hydrogen (secondary N) is 2. The lowest BCUT2D eigenvalue weighted by Gasteiger charge is -2.11. The topological polar surface area (TPSA) is 159 Å². The van der Waals surface area contributed by atoms with Crippen molar-refractivity contribution in [1.29, 1.82) is 0 Å². The second-order valence-electron chi connectivity index (χ2n) is 6.70. The van der Waals surface area contributed by atoms with Crippen molar-refractivity contribution in [3.63, 3.8) is 0 Å². The van der Waals surface area contributed by atoms with E-state index in [1.165, 1.54) is 25.1 Å². The lowest BCUT2D eigenvalue weighted by molar-refractivity contribution is -0.141. The van der Waals surface area contributed by atoms with E-state index in [0.717, 1.165) is 0 Å². The van der Waals surface area contributed by atoms with Crippen molar-refractivity contribution in [3.8, 4) is 5.75 Å². The Morgan fingerprint density at radius 1 is 1.00 bits per heavy atom. The van der Waals surface area contributed by atoms with Crippen molar-refractivity contribution in [3.05, 3.63) is 78.4 Å². The van der Waals surface area contributed by atoms with Crippen LogP contribution in [0, 0.1) is 0 Å². The summed E-state index contributed by atoms with van der Waals surface area (Å²) in [5.74, 6) is -2.79. The van der Waals surface area contributed by atoms with Crippen molar-refractivity contribution in [2.75, 3.05) is 5.32 Å². The van der Waals surface area contributed by atoms with Crippen molar-refractivity contribution >= 4 is 35.5 Å². The van der Waals surface area contributed by atoms with Gasteiger partial charge in [-0.3, -0.25) is 14.4 Å². The zero-order chi connectivity index (χ0) is 24.6. The summed E-state index contributed by atoms with van der Waals surface area (Å²) in [7, 11) is 0. The van der Waals surface area contributed by atoms with Crippen LogP contribution < -0.4 is 16.4 Å². The lowest BCUT2D eigenvalue weighted by atomic mass is 10.1. The first-order valence-electron chi connectivity index (χ1n) is 9.96. The van der Waals surface area contributed by atoms with Crippen LogP contribution in [-0.4, -0.2) is 39.9 Å². The highest BCUT2D eigenvalue weighted by Gasteiger charge is 2.19. The van der Waals surface area contributed by atoms with Crippen LogP contribution >= 0.6 is 0 Å². The fourth-order valence-electron chi connectivity index (χ4n) is 2.46. The summed E-state index contributed by atoms with van der Waals surface area (Å²) < 4.78 is 0. The van der Waals surface area contributed by atoms with E-state index in [1.54, 1.807) is 60.7 Å². The second kappa shape index (κ2) is 14.6. The number of amides is 3. The molecule has 1 unspecified atom stereocenters. The molecule has 33 heavy (non-hydrogen) atoms. The molecular weight excluding hydrogens is 426 g/mol. The third-order valence-corrected chi connectivity index (χ3v) is 3.97. The van der Waals surface area contributed by atoms with Gasteiger partial charge in [-0.25, -0.2) is 4.79 Å². The van der Waals surface area contributed by atoms with E-state index < -0.39 is 23.8 Å². The zero-order valence-corrected chi connectivity index (χ0v) is 18.1. The van der Waals surface area contributed by atoms with Gasteiger partial charge in [0.1, 0.15) is 11.8 Å². The molecule has 6 N–H and O–H groups in total. The molecule has 0 fully saturated rings. The number of hydrogen-bond acceptors (Lipinski definition) is 5. The smallest absolute Gasteiger partial charge is 0.326 e. The Kier molecular flexibility index (Phi) is 11.8. The number of hydrogen-bond donors (Lipinski definition) is 5. The molecule has 0 spiro atoms. The van der Waals surface area contributed by atoms with Crippen LogP contribution in [0.3, 0.4) is 0 Å². The summed E-state index contributed by atoms with van der Waals surface area (Å²) in [4.78, 5) is 44.8. The number of primary amides is 1. The Hall–Kier alpha value is -4.40. The van der Waals surface area contributed by atoms with Gasteiger partial charge in [0, 0.05) is 25.0 Å². The Morgan fingerprint density at radius 2 is 1.61 bits per heavy atom. The molecule has 0 heterocycles. The number of aromatic hydroxyl groups is 1. The highest BCUT2D eigenvalue weighted by atomic mass is 16.4. The Balaban J connectivity index is 2.52. The van der Waals surface area contributed by atoms with Crippen LogP contribution in [0.2, 0.25) is 0 Å². The SMILES string of the molecule is CC(=O)Nc1c(O)cccc1C=CC=CC=CC=CC=CC(=O)NC(CCC(N)=O)C(=O)O. The van der Waals surface area contributed by atoms with Crippen LogP contribution in [0.1, 0.15) is 25.3 Å². The quantitative estimate of drug-likeness (QED) is 0.186. The number of nitrogens with two attached hydrogens (primary N) is 1. The molecule has 0 radical (unpaired) electrons. The third kappa shape index (κ3) is 11.5. The van der Waals surface area contributed by atoms with Gasteiger partial charge < -0.3 is 26.6 Å². The second-order valence-corrected chi connectivity index (χ2v) is 6.70. The van der Waals surface area contributed by atoms with Gasteiger partial charge in [0.2, 0.25) is 17.7 Å². The molecule has 1 aromatic carbocycles. The third-order valence-electron chi connectivity index (χ3n) is 3.97. The van der Waals surface area contributed by atoms with Gasteiger partial charge in [-0.1, -0.05) is 66.8 Å².